The first-order valence-electron chi connectivity index (χ1n) is 5.37. The first-order chi connectivity index (χ1) is 6.68. The van der Waals surface area contributed by atoms with Gasteiger partial charge in [-0.1, -0.05) is 13.8 Å². The lowest BCUT2D eigenvalue weighted by atomic mass is 10.1. The summed E-state index contributed by atoms with van der Waals surface area (Å²) in [4.78, 5) is 4.02. The fourth-order valence-electron chi connectivity index (χ4n) is 1.39. The molecule has 1 aromatic rings. The minimum Gasteiger partial charge on any atom is -0.336 e. The molecule has 0 fully saturated rings. The summed E-state index contributed by atoms with van der Waals surface area (Å²) in [5.74, 6) is 0.781. The van der Waals surface area contributed by atoms with Crippen molar-refractivity contribution in [3.05, 3.63) is 18.7 Å². The van der Waals surface area contributed by atoms with Crippen LogP contribution in [-0.4, -0.2) is 22.1 Å². The Bertz CT molecular complexity index is 229. The van der Waals surface area contributed by atoms with Crippen LogP contribution in [0.15, 0.2) is 18.7 Å². The van der Waals surface area contributed by atoms with E-state index in [0.29, 0.717) is 6.04 Å². The van der Waals surface area contributed by atoms with Gasteiger partial charge in [-0.25, -0.2) is 4.98 Å². The highest BCUT2D eigenvalue weighted by Crippen LogP contribution is 1.98. The van der Waals surface area contributed by atoms with E-state index in [2.05, 4.69) is 35.6 Å². The second-order valence-corrected chi connectivity index (χ2v) is 4.30. The van der Waals surface area contributed by atoms with Gasteiger partial charge in [0.25, 0.3) is 0 Å². The van der Waals surface area contributed by atoms with Crippen LogP contribution in [0.4, 0.5) is 0 Å². The summed E-state index contributed by atoms with van der Waals surface area (Å²) in [7, 11) is 0. The van der Waals surface area contributed by atoms with E-state index in [1.54, 1.807) is 0 Å². The lowest BCUT2D eigenvalue weighted by Crippen LogP contribution is -2.31. The van der Waals surface area contributed by atoms with Crippen LogP contribution in [0.5, 0.6) is 0 Å². The van der Waals surface area contributed by atoms with Gasteiger partial charge in [-0.15, -0.1) is 0 Å². The van der Waals surface area contributed by atoms with Crippen LogP contribution in [0.3, 0.4) is 0 Å². The average molecular weight is 195 g/mol. The SMILES string of the molecule is CC(C)CCNC(C)Cn1ccnc1. The molecular formula is C11H21N3. The van der Waals surface area contributed by atoms with Crippen LogP contribution >= 0.6 is 0 Å². The Morgan fingerprint density at radius 1 is 1.36 bits per heavy atom. The number of rotatable bonds is 6. The van der Waals surface area contributed by atoms with Gasteiger partial charge in [-0.2, -0.15) is 0 Å². The van der Waals surface area contributed by atoms with Gasteiger partial charge >= 0.3 is 0 Å². The zero-order valence-corrected chi connectivity index (χ0v) is 9.40. The zero-order valence-electron chi connectivity index (χ0n) is 9.40. The maximum absolute atomic E-state index is 4.02. The second-order valence-electron chi connectivity index (χ2n) is 4.30. The van der Waals surface area contributed by atoms with Gasteiger partial charge in [0.1, 0.15) is 0 Å². The molecule has 1 aromatic heterocycles. The average Bonchev–Trinajstić information content (AvgIpc) is 2.56. The molecular weight excluding hydrogens is 174 g/mol. The highest BCUT2D eigenvalue weighted by Gasteiger charge is 2.01. The van der Waals surface area contributed by atoms with Crippen LogP contribution in [0.1, 0.15) is 27.2 Å². The van der Waals surface area contributed by atoms with Crippen molar-refractivity contribution >= 4 is 0 Å². The Morgan fingerprint density at radius 3 is 2.71 bits per heavy atom. The molecule has 0 bridgehead atoms. The molecule has 3 heteroatoms. The quantitative estimate of drug-likeness (QED) is 0.751. The molecule has 0 amide bonds. The standard InChI is InChI=1S/C11H21N3/c1-10(2)4-5-13-11(3)8-14-7-6-12-9-14/h6-7,9-11,13H,4-5,8H2,1-3H3. The molecule has 0 saturated carbocycles. The minimum atomic E-state index is 0.517. The Labute approximate surface area is 86.5 Å². The van der Waals surface area contributed by atoms with Gasteiger partial charge in [-0.3, -0.25) is 0 Å². The number of hydrogen-bond acceptors (Lipinski definition) is 2. The third-order valence-electron chi connectivity index (χ3n) is 2.26. The van der Waals surface area contributed by atoms with Crippen LogP contribution in [0.25, 0.3) is 0 Å². The summed E-state index contributed by atoms with van der Waals surface area (Å²) < 4.78 is 2.10. The fraction of sp³-hybridized carbons (Fsp3) is 0.727. The van der Waals surface area contributed by atoms with Crippen LogP contribution < -0.4 is 5.32 Å². The van der Waals surface area contributed by atoms with Gasteiger partial charge in [0.15, 0.2) is 0 Å². The van der Waals surface area contributed by atoms with E-state index in [1.807, 2.05) is 18.7 Å². The normalized spacial score (nSPS) is 13.4. The van der Waals surface area contributed by atoms with Crippen molar-refractivity contribution in [2.45, 2.75) is 39.8 Å². The molecule has 1 N–H and O–H groups in total. The van der Waals surface area contributed by atoms with Crippen molar-refractivity contribution in [2.24, 2.45) is 5.92 Å². The predicted octanol–water partition coefficient (Wildman–Crippen LogP) is 1.91. The van der Waals surface area contributed by atoms with E-state index in [1.165, 1.54) is 6.42 Å². The van der Waals surface area contributed by atoms with Crippen molar-refractivity contribution in [3.8, 4) is 0 Å². The molecule has 1 unspecified atom stereocenters. The van der Waals surface area contributed by atoms with Crippen molar-refractivity contribution in [1.29, 1.82) is 0 Å². The summed E-state index contributed by atoms with van der Waals surface area (Å²) >= 11 is 0. The largest absolute Gasteiger partial charge is 0.336 e. The number of nitrogens with zero attached hydrogens (tertiary/aromatic N) is 2. The maximum atomic E-state index is 4.02. The Kier molecular flexibility index (Phi) is 4.66. The van der Waals surface area contributed by atoms with Gasteiger partial charge in [0, 0.05) is 25.0 Å². The van der Waals surface area contributed by atoms with Crippen molar-refractivity contribution in [2.75, 3.05) is 6.54 Å². The molecule has 0 aliphatic carbocycles. The third-order valence-corrected chi connectivity index (χ3v) is 2.26. The van der Waals surface area contributed by atoms with Crippen LogP contribution in [0, 0.1) is 5.92 Å². The maximum Gasteiger partial charge on any atom is 0.0946 e. The lowest BCUT2D eigenvalue weighted by molar-refractivity contribution is 0.446. The molecule has 0 aromatic carbocycles. The predicted molar refractivity (Wildman–Crippen MR) is 59.1 cm³/mol. The Morgan fingerprint density at radius 2 is 2.14 bits per heavy atom. The Balaban J connectivity index is 2.13. The van der Waals surface area contributed by atoms with Gasteiger partial charge < -0.3 is 9.88 Å². The van der Waals surface area contributed by atoms with E-state index in [9.17, 15) is 0 Å². The smallest absolute Gasteiger partial charge is 0.0946 e. The highest BCUT2D eigenvalue weighted by atomic mass is 15.1. The monoisotopic (exact) mass is 195 g/mol. The number of aromatic nitrogens is 2. The molecule has 0 saturated heterocycles. The molecule has 0 aliphatic heterocycles. The summed E-state index contributed by atoms with van der Waals surface area (Å²) in [5, 5.41) is 3.50. The van der Waals surface area contributed by atoms with Gasteiger partial charge in [0.05, 0.1) is 6.33 Å². The topological polar surface area (TPSA) is 29.9 Å². The van der Waals surface area contributed by atoms with Crippen molar-refractivity contribution in [1.82, 2.24) is 14.9 Å². The highest BCUT2D eigenvalue weighted by molar-refractivity contribution is 4.76. The van der Waals surface area contributed by atoms with Gasteiger partial charge in [0.2, 0.25) is 0 Å². The molecule has 1 atom stereocenters. The number of nitrogens with one attached hydrogen (secondary N) is 1. The van der Waals surface area contributed by atoms with E-state index in [-0.39, 0.29) is 0 Å². The number of hydrogen-bond donors (Lipinski definition) is 1. The van der Waals surface area contributed by atoms with Crippen LogP contribution in [0.2, 0.25) is 0 Å². The molecule has 14 heavy (non-hydrogen) atoms. The second kappa shape index (κ2) is 5.81. The first-order valence-corrected chi connectivity index (χ1v) is 5.37. The fourth-order valence-corrected chi connectivity index (χ4v) is 1.39. The lowest BCUT2D eigenvalue weighted by Gasteiger charge is -2.15. The summed E-state index contributed by atoms with van der Waals surface area (Å²) in [6.45, 7) is 8.82. The molecule has 0 spiro atoms. The molecule has 0 aliphatic rings. The number of imidazole rings is 1. The van der Waals surface area contributed by atoms with Crippen LogP contribution in [-0.2, 0) is 6.54 Å². The van der Waals surface area contributed by atoms with Crippen molar-refractivity contribution < 1.29 is 0 Å². The minimum absolute atomic E-state index is 0.517. The Hall–Kier alpha value is -0.830. The summed E-state index contributed by atoms with van der Waals surface area (Å²) in [6, 6.07) is 0.517. The molecule has 1 rings (SSSR count). The molecule has 80 valence electrons. The zero-order chi connectivity index (χ0) is 10.4. The van der Waals surface area contributed by atoms with E-state index in [0.717, 1.165) is 19.0 Å². The van der Waals surface area contributed by atoms with E-state index in [4.69, 9.17) is 0 Å². The summed E-state index contributed by atoms with van der Waals surface area (Å²) in [6.07, 6.45) is 6.93. The molecule has 3 nitrogen and oxygen atoms in total. The first kappa shape index (κ1) is 11.2. The summed E-state index contributed by atoms with van der Waals surface area (Å²) in [5.41, 5.74) is 0. The van der Waals surface area contributed by atoms with Crippen molar-refractivity contribution in [3.63, 3.8) is 0 Å². The van der Waals surface area contributed by atoms with Gasteiger partial charge in [-0.05, 0) is 25.8 Å². The third kappa shape index (κ3) is 4.42. The van der Waals surface area contributed by atoms with E-state index >= 15 is 0 Å². The van der Waals surface area contributed by atoms with E-state index < -0.39 is 0 Å². The molecule has 1 heterocycles. The molecule has 0 radical (unpaired) electrons.